The van der Waals surface area contributed by atoms with E-state index in [1.807, 2.05) is 0 Å². The molecule has 5 heteroatoms. The zero-order valence-electron chi connectivity index (χ0n) is 10.1. The molecule has 0 unspecified atom stereocenters. The SMILES string of the molecule is Cl.O=C(Cc1ccccc1F)N[C@H]1CCCNC1. The van der Waals surface area contributed by atoms with E-state index in [9.17, 15) is 9.18 Å². The Balaban J connectivity index is 0.00000162. The van der Waals surface area contributed by atoms with Crippen molar-refractivity contribution in [2.75, 3.05) is 13.1 Å². The Morgan fingerprint density at radius 1 is 1.44 bits per heavy atom. The average Bonchev–Trinajstić information content (AvgIpc) is 2.33. The molecule has 0 aromatic heterocycles. The Hall–Kier alpha value is -1.13. The van der Waals surface area contributed by atoms with Crippen LogP contribution in [0.4, 0.5) is 4.39 Å². The van der Waals surface area contributed by atoms with Gasteiger partial charge >= 0.3 is 0 Å². The van der Waals surface area contributed by atoms with Crippen LogP contribution in [0.1, 0.15) is 18.4 Å². The highest BCUT2D eigenvalue weighted by molar-refractivity contribution is 5.85. The minimum atomic E-state index is -0.315. The van der Waals surface area contributed by atoms with Gasteiger partial charge in [-0.25, -0.2) is 4.39 Å². The molecule has 1 saturated heterocycles. The summed E-state index contributed by atoms with van der Waals surface area (Å²) in [4.78, 5) is 11.7. The first kappa shape index (κ1) is 14.9. The molecule has 0 saturated carbocycles. The molecule has 1 aromatic carbocycles. The summed E-state index contributed by atoms with van der Waals surface area (Å²) in [5.74, 6) is -0.423. The second-order valence-electron chi connectivity index (χ2n) is 4.38. The van der Waals surface area contributed by atoms with E-state index in [2.05, 4.69) is 10.6 Å². The number of piperidine rings is 1. The summed E-state index contributed by atoms with van der Waals surface area (Å²) >= 11 is 0. The molecule has 0 bridgehead atoms. The summed E-state index contributed by atoms with van der Waals surface area (Å²) in [5.41, 5.74) is 0.453. The van der Waals surface area contributed by atoms with Crippen LogP contribution >= 0.6 is 12.4 Å². The minimum Gasteiger partial charge on any atom is -0.352 e. The Bertz CT molecular complexity index is 394. The molecule has 18 heavy (non-hydrogen) atoms. The number of amides is 1. The first-order valence-corrected chi connectivity index (χ1v) is 5.99. The third kappa shape index (κ3) is 4.27. The van der Waals surface area contributed by atoms with Crippen LogP contribution in [0.3, 0.4) is 0 Å². The molecule has 1 aliphatic rings. The van der Waals surface area contributed by atoms with Crippen LogP contribution in [-0.4, -0.2) is 25.0 Å². The van der Waals surface area contributed by atoms with Gasteiger partial charge in [0.25, 0.3) is 0 Å². The second-order valence-corrected chi connectivity index (χ2v) is 4.38. The minimum absolute atomic E-state index is 0. The van der Waals surface area contributed by atoms with Crippen LogP contribution in [0.5, 0.6) is 0 Å². The van der Waals surface area contributed by atoms with Crippen molar-refractivity contribution in [3.05, 3.63) is 35.6 Å². The van der Waals surface area contributed by atoms with Gasteiger partial charge in [0.05, 0.1) is 6.42 Å². The van der Waals surface area contributed by atoms with E-state index in [4.69, 9.17) is 0 Å². The lowest BCUT2D eigenvalue weighted by Gasteiger charge is -2.23. The number of hydrogen-bond acceptors (Lipinski definition) is 2. The maximum absolute atomic E-state index is 13.3. The summed E-state index contributed by atoms with van der Waals surface area (Å²) in [6.45, 7) is 1.82. The molecule has 1 amide bonds. The normalized spacial score (nSPS) is 18.8. The van der Waals surface area contributed by atoms with Crippen LogP contribution in [-0.2, 0) is 11.2 Å². The molecule has 0 aliphatic carbocycles. The van der Waals surface area contributed by atoms with Gasteiger partial charge in [0.2, 0.25) is 5.91 Å². The van der Waals surface area contributed by atoms with Gasteiger partial charge in [-0.15, -0.1) is 12.4 Å². The van der Waals surface area contributed by atoms with Crippen molar-refractivity contribution in [3.8, 4) is 0 Å². The highest BCUT2D eigenvalue weighted by Gasteiger charge is 2.16. The molecule has 1 fully saturated rings. The standard InChI is InChI=1S/C13H17FN2O.ClH/c14-12-6-2-1-4-10(12)8-13(17)16-11-5-3-7-15-9-11;/h1-2,4,6,11,15H,3,5,7-9H2,(H,16,17);1H/t11-;/m0./s1. The Morgan fingerprint density at radius 2 is 2.22 bits per heavy atom. The fraction of sp³-hybridized carbons (Fsp3) is 0.462. The summed E-state index contributed by atoms with van der Waals surface area (Å²) in [6, 6.07) is 6.58. The average molecular weight is 273 g/mol. The monoisotopic (exact) mass is 272 g/mol. The fourth-order valence-corrected chi connectivity index (χ4v) is 2.07. The van der Waals surface area contributed by atoms with Gasteiger partial charge in [0, 0.05) is 12.6 Å². The van der Waals surface area contributed by atoms with Crippen molar-refractivity contribution >= 4 is 18.3 Å². The molecule has 1 aromatic rings. The van der Waals surface area contributed by atoms with E-state index in [0.29, 0.717) is 5.56 Å². The zero-order valence-corrected chi connectivity index (χ0v) is 10.9. The summed E-state index contributed by atoms with van der Waals surface area (Å²) in [6.07, 6.45) is 2.18. The van der Waals surface area contributed by atoms with E-state index >= 15 is 0 Å². The topological polar surface area (TPSA) is 41.1 Å². The highest BCUT2D eigenvalue weighted by Crippen LogP contribution is 2.08. The Morgan fingerprint density at radius 3 is 2.89 bits per heavy atom. The maximum Gasteiger partial charge on any atom is 0.224 e. The molecule has 0 spiro atoms. The zero-order chi connectivity index (χ0) is 12.1. The van der Waals surface area contributed by atoms with E-state index in [0.717, 1.165) is 25.9 Å². The lowest BCUT2D eigenvalue weighted by atomic mass is 10.1. The number of hydrogen-bond donors (Lipinski definition) is 2. The number of nitrogens with one attached hydrogen (secondary N) is 2. The summed E-state index contributed by atoms with van der Waals surface area (Å²) < 4.78 is 13.3. The van der Waals surface area contributed by atoms with Gasteiger partial charge in [0.1, 0.15) is 5.82 Å². The predicted molar refractivity (Wildman–Crippen MR) is 71.4 cm³/mol. The van der Waals surface area contributed by atoms with E-state index in [-0.39, 0.29) is 36.6 Å². The van der Waals surface area contributed by atoms with Crippen LogP contribution < -0.4 is 10.6 Å². The molecule has 3 nitrogen and oxygen atoms in total. The van der Waals surface area contributed by atoms with Crippen molar-refractivity contribution in [1.82, 2.24) is 10.6 Å². The van der Waals surface area contributed by atoms with Crippen LogP contribution in [0.15, 0.2) is 24.3 Å². The van der Waals surface area contributed by atoms with E-state index in [1.54, 1.807) is 18.2 Å². The van der Waals surface area contributed by atoms with Gasteiger partial charge in [-0.1, -0.05) is 18.2 Å². The van der Waals surface area contributed by atoms with Gasteiger partial charge in [-0.3, -0.25) is 4.79 Å². The fourth-order valence-electron chi connectivity index (χ4n) is 2.07. The summed E-state index contributed by atoms with van der Waals surface area (Å²) in [5, 5.41) is 6.15. The lowest BCUT2D eigenvalue weighted by Crippen LogP contribution is -2.46. The van der Waals surface area contributed by atoms with Crippen LogP contribution in [0.2, 0.25) is 0 Å². The van der Waals surface area contributed by atoms with Gasteiger partial charge in [-0.2, -0.15) is 0 Å². The Labute approximate surface area is 113 Å². The number of carbonyl (C=O) groups excluding carboxylic acids is 1. The second kappa shape index (κ2) is 7.34. The van der Waals surface area contributed by atoms with Crippen molar-refractivity contribution < 1.29 is 9.18 Å². The molecule has 1 atom stereocenters. The largest absolute Gasteiger partial charge is 0.352 e. The van der Waals surface area contributed by atoms with Crippen molar-refractivity contribution in [1.29, 1.82) is 0 Å². The molecule has 2 rings (SSSR count). The van der Waals surface area contributed by atoms with Gasteiger partial charge in [-0.05, 0) is 31.0 Å². The number of benzene rings is 1. The summed E-state index contributed by atoms with van der Waals surface area (Å²) in [7, 11) is 0. The number of rotatable bonds is 3. The molecule has 1 aliphatic heterocycles. The number of carbonyl (C=O) groups is 1. The number of halogens is 2. The van der Waals surface area contributed by atoms with Crippen molar-refractivity contribution in [2.24, 2.45) is 0 Å². The molecule has 1 heterocycles. The Kier molecular flexibility index (Phi) is 6.09. The van der Waals surface area contributed by atoms with Gasteiger partial charge in [0.15, 0.2) is 0 Å². The third-order valence-corrected chi connectivity index (χ3v) is 2.97. The first-order chi connectivity index (χ1) is 8.25. The maximum atomic E-state index is 13.3. The molecular weight excluding hydrogens is 255 g/mol. The molecule has 100 valence electrons. The van der Waals surface area contributed by atoms with Crippen molar-refractivity contribution in [3.63, 3.8) is 0 Å². The predicted octanol–water partition coefficient (Wildman–Crippen LogP) is 1.66. The molecule has 0 radical (unpaired) electrons. The van der Waals surface area contributed by atoms with Crippen LogP contribution in [0, 0.1) is 5.82 Å². The van der Waals surface area contributed by atoms with E-state index in [1.165, 1.54) is 6.07 Å². The van der Waals surface area contributed by atoms with E-state index < -0.39 is 0 Å². The quantitative estimate of drug-likeness (QED) is 0.879. The van der Waals surface area contributed by atoms with Crippen LogP contribution in [0.25, 0.3) is 0 Å². The molecule has 2 N–H and O–H groups in total. The lowest BCUT2D eigenvalue weighted by molar-refractivity contribution is -0.121. The van der Waals surface area contributed by atoms with Gasteiger partial charge < -0.3 is 10.6 Å². The highest BCUT2D eigenvalue weighted by atomic mass is 35.5. The first-order valence-electron chi connectivity index (χ1n) is 5.99. The molecular formula is C13H18ClFN2O. The smallest absolute Gasteiger partial charge is 0.224 e. The third-order valence-electron chi connectivity index (χ3n) is 2.97. The van der Waals surface area contributed by atoms with Crippen molar-refractivity contribution in [2.45, 2.75) is 25.3 Å².